The van der Waals surface area contributed by atoms with Gasteiger partial charge < -0.3 is 13.8 Å². The van der Waals surface area contributed by atoms with Crippen molar-refractivity contribution < 1.29 is 4.42 Å². The van der Waals surface area contributed by atoms with Gasteiger partial charge >= 0.3 is 6.85 Å². The summed E-state index contributed by atoms with van der Waals surface area (Å²) in [5.74, 6) is 0. The summed E-state index contributed by atoms with van der Waals surface area (Å²) in [6, 6.07) is 41.5. The van der Waals surface area contributed by atoms with Crippen LogP contribution in [0.4, 0.5) is 11.4 Å². The summed E-state index contributed by atoms with van der Waals surface area (Å²) in [5.41, 5.74) is 22.6. The van der Waals surface area contributed by atoms with Crippen LogP contribution in [0.2, 0.25) is 0 Å². The van der Waals surface area contributed by atoms with E-state index in [9.17, 15) is 0 Å². The van der Waals surface area contributed by atoms with E-state index in [0.717, 1.165) is 11.2 Å². The number of rotatable bonds is 1. The number of thiophene rings is 1. The SMILES string of the molecule is CC(C)(C)c1ccc(N2B3c4cc(C(C)(C)C)ccc4-n4c5cc6c(cc5c5c7c(sc8ccccc87)c(c3c54)-c3cc4oc5cc7c(cc5c4cc32)C(C)(C)CCC7(C)C)C(C)(C)CCC6(C)C)cc1. The van der Waals surface area contributed by atoms with Crippen LogP contribution < -0.4 is 15.7 Å². The van der Waals surface area contributed by atoms with Crippen LogP contribution >= 0.6 is 11.3 Å². The molecule has 5 heterocycles. The Morgan fingerprint density at radius 1 is 0.535 bits per heavy atom. The van der Waals surface area contributed by atoms with Crippen LogP contribution in [0, 0.1) is 0 Å². The Labute approximate surface area is 424 Å². The Balaban J connectivity index is 1.20. The van der Waals surface area contributed by atoms with Gasteiger partial charge in [-0.05, 0) is 163 Å². The monoisotopic (exact) mass is 947 g/mol. The van der Waals surface area contributed by atoms with Crippen LogP contribution in [-0.4, -0.2) is 11.4 Å². The zero-order valence-corrected chi connectivity index (χ0v) is 45.2. The van der Waals surface area contributed by atoms with Gasteiger partial charge in [-0.2, -0.15) is 0 Å². The number of hydrogen-bond acceptors (Lipinski definition) is 3. The van der Waals surface area contributed by atoms with Gasteiger partial charge in [0, 0.05) is 69.9 Å². The summed E-state index contributed by atoms with van der Waals surface area (Å²) in [4.78, 5) is 2.75. The quantitative estimate of drug-likeness (QED) is 0.153. The largest absolute Gasteiger partial charge is 0.456 e. The predicted octanol–water partition coefficient (Wildman–Crippen LogP) is 17.6. The van der Waals surface area contributed by atoms with E-state index in [1.165, 1.54) is 151 Å². The third-order valence-electron chi connectivity index (χ3n) is 18.6. The Morgan fingerprint density at radius 2 is 1.10 bits per heavy atom. The topological polar surface area (TPSA) is 21.3 Å². The Hall–Kier alpha value is -5.78. The minimum atomic E-state index is -0.102. The highest BCUT2D eigenvalue weighted by atomic mass is 32.1. The van der Waals surface area contributed by atoms with Crippen molar-refractivity contribution in [3.05, 3.63) is 137 Å². The van der Waals surface area contributed by atoms with Crippen molar-refractivity contribution in [1.82, 2.24) is 4.57 Å². The first kappa shape index (κ1) is 44.0. The predicted molar refractivity (Wildman–Crippen MR) is 308 cm³/mol. The fourth-order valence-corrected chi connectivity index (χ4v) is 15.3. The van der Waals surface area contributed by atoms with Gasteiger partial charge in [-0.15, -0.1) is 11.3 Å². The molecule has 14 rings (SSSR count). The molecule has 10 aromatic rings. The average Bonchev–Trinajstić information content (AvgIpc) is 3.98. The van der Waals surface area contributed by atoms with Gasteiger partial charge in [-0.1, -0.05) is 139 Å². The van der Waals surface area contributed by atoms with Gasteiger partial charge in [0.2, 0.25) is 0 Å². The normalized spacial score (nSPS) is 18.5. The van der Waals surface area contributed by atoms with Crippen molar-refractivity contribution in [1.29, 1.82) is 0 Å². The molecule has 71 heavy (non-hydrogen) atoms. The molecule has 5 heteroatoms. The smallest absolute Gasteiger partial charge is 0.333 e. The molecule has 0 bridgehead atoms. The number of hydrogen-bond donors (Lipinski definition) is 0. The maximum absolute atomic E-state index is 7.21. The lowest BCUT2D eigenvalue weighted by Gasteiger charge is -2.43. The molecule has 0 atom stereocenters. The van der Waals surface area contributed by atoms with Crippen molar-refractivity contribution in [2.75, 3.05) is 4.81 Å². The summed E-state index contributed by atoms with van der Waals surface area (Å²) in [6.45, 7) is 33.6. The molecule has 0 fully saturated rings. The summed E-state index contributed by atoms with van der Waals surface area (Å²) in [5, 5.41) is 7.92. The van der Waals surface area contributed by atoms with Crippen molar-refractivity contribution in [3.8, 4) is 16.8 Å². The van der Waals surface area contributed by atoms with Gasteiger partial charge in [0.25, 0.3) is 0 Å². The standard InChI is InChI=1S/C66H67BN2OS/c1-61(2,3)36-19-22-38(23-20-36)69-51-32-41-40-30-44-47(66(13,14)28-26-63(44,7)8)35-53(40)70-52(41)33-43(51)57-58-59-55(56-39-17-15-16-18-54(39)71-60(56)57)42-31-45-46(65(11,12)27-25-64(45,9)10)34-50(42)68(59)49-24-21-37(62(4,5)6)29-48(49)67(58)69/h15-24,29-35H,25-28H2,1-14H3. The zero-order valence-electron chi connectivity index (χ0n) is 44.4. The first-order chi connectivity index (χ1) is 33.4. The van der Waals surface area contributed by atoms with Crippen LogP contribution in [0.25, 0.3) is 80.7 Å². The van der Waals surface area contributed by atoms with Crippen LogP contribution in [-0.2, 0) is 32.5 Å². The highest BCUT2D eigenvalue weighted by Gasteiger charge is 2.48. The molecule has 3 nitrogen and oxygen atoms in total. The molecule has 356 valence electrons. The van der Waals surface area contributed by atoms with Gasteiger partial charge in [0.05, 0.1) is 11.0 Å². The average molecular weight is 947 g/mol. The second-order valence-corrected chi connectivity index (χ2v) is 28.1. The number of fused-ring (bicyclic) bond motifs is 18. The Morgan fingerprint density at radius 3 is 1.75 bits per heavy atom. The number of nitrogens with zero attached hydrogens (tertiary/aromatic N) is 2. The van der Waals surface area contributed by atoms with E-state index in [4.69, 9.17) is 4.42 Å². The minimum absolute atomic E-state index is 0.0233. The van der Waals surface area contributed by atoms with Crippen LogP contribution in [0.5, 0.6) is 0 Å². The van der Waals surface area contributed by atoms with Crippen LogP contribution in [0.1, 0.15) is 156 Å². The van der Waals surface area contributed by atoms with Gasteiger partial charge in [0.15, 0.2) is 0 Å². The lowest BCUT2D eigenvalue weighted by atomic mass is 9.43. The van der Waals surface area contributed by atoms with Gasteiger partial charge in [-0.3, -0.25) is 0 Å². The van der Waals surface area contributed by atoms with E-state index in [2.05, 4.69) is 209 Å². The summed E-state index contributed by atoms with van der Waals surface area (Å²) >= 11 is 1.99. The van der Waals surface area contributed by atoms with Crippen molar-refractivity contribution in [2.24, 2.45) is 0 Å². The first-order valence-electron chi connectivity index (χ1n) is 26.5. The van der Waals surface area contributed by atoms with E-state index in [1.807, 2.05) is 11.3 Å². The molecule has 3 aromatic heterocycles. The Kier molecular flexibility index (Phi) is 8.44. The molecule has 0 amide bonds. The maximum atomic E-state index is 7.21. The minimum Gasteiger partial charge on any atom is -0.456 e. The lowest BCUT2D eigenvalue weighted by Crippen LogP contribution is -2.60. The maximum Gasteiger partial charge on any atom is 0.333 e. The fraction of sp³-hybridized carbons (Fsp3) is 0.364. The molecule has 2 aliphatic carbocycles. The van der Waals surface area contributed by atoms with Crippen molar-refractivity contribution in [3.63, 3.8) is 0 Å². The molecular weight excluding hydrogens is 880 g/mol. The summed E-state index contributed by atoms with van der Waals surface area (Å²) in [7, 11) is 0. The van der Waals surface area contributed by atoms with E-state index >= 15 is 0 Å². The second kappa shape index (κ2) is 13.6. The lowest BCUT2D eigenvalue weighted by molar-refractivity contribution is 0.332. The molecule has 0 saturated carbocycles. The number of benzene rings is 7. The number of aromatic nitrogens is 1. The highest BCUT2D eigenvalue weighted by Crippen LogP contribution is 2.56. The van der Waals surface area contributed by atoms with Crippen molar-refractivity contribution >= 4 is 104 Å². The summed E-state index contributed by atoms with van der Waals surface area (Å²) < 4.78 is 12.7. The van der Waals surface area contributed by atoms with Crippen molar-refractivity contribution in [2.45, 2.75) is 155 Å². The van der Waals surface area contributed by atoms with Crippen LogP contribution in [0.3, 0.4) is 0 Å². The zero-order chi connectivity index (χ0) is 49.4. The van der Waals surface area contributed by atoms with E-state index < -0.39 is 0 Å². The molecule has 0 saturated heterocycles. The van der Waals surface area contributed by atoms with Crippen LogP contribution in [0.15, 0.2) is 108 Å². The molecule has 0 radical (unpaired) electrons. The number of anilines is 2. The molecule has 0 spiro atoms. The molecular formula is C66H67BN2OS. The highest BCUT2D eigenvalue weighted by molar-refractivity contribution is 7.27. The second-order valence-electron chi connectivity index (χ2n) is 27.1. The fourth-order valence-electron chi connectivity index (χ4n) is 14.0. The third kappa shape index (κ3) is 5.85. The number of furan rings is 1. The van der Waals surface area contributed by atoms with E-state index in [1.54, 1.807) is 0 Å². The van der Waals surface area contributed by atoms with E-state index in [-0.39, 0.29) is 39.3 Å². The van der Waals surface area contributed by atoms with Gasteiger partial charge in [-0.25, -0.2) is 0 Å². The molecule has 4 aliphatic rings. The Bertz CT molecular complexity index is 4020. The van der Waals surface area contributed by atoms with E-state index in [0.29, 0.717) is 0 Å². The summed E-state index contributed by atoms with van der Waals surface area (Å²) in [6.07, 6.45) is 4.69. The molecule has 0 unspecified atom stereocenters. The first-order valence-corrected chi connectivity index (χ1v) is 27.4. The van der Waals surface area contributed by atoms with Gasteiger partial charge in [0.1, 0.15) is 11.2 Å². The molecule has 7 aromatic carbocycles. The molecule has 0 N–H and O–H groups in total. The third-order valence-corrected chi connectivity index (χ3v) is 19.8. The molecule has 2 aliphatic heterocycles.